The number of hydrogen-bond acceptors (Lipinski definition) is 6. The molecule has 0 N–H and O–H groups in total. The Morgan fingerprint density at radius 1 is 0.773 bits per heavy atom. The van der Waals surface area contributed by atoms with Gasteiger partial charge in [-0.05, 0) is 36.1 Å². The highest BCUT2D eigenvalue weighted by molar-refractivity contribution is 5.65. The van der Waals surface area contributed by atoms with Crippen molar-refractivity contribution < 1.29 is 28.5 Å². The maximum Gasteiger partial charge on any atom is 0.513 e. The molecular weight excluding hydrogens is 288 g/mol. The summed E-state index contributed by atoms with van der Waals surface area (Å²) in [7, 11) is 0. The fourth-order valence-corrected chi connectivity index (χ4v) is 1.30. The van der Waals surface area contributed by atoms with Gasteiger partial charge in [0.25, 0.3) is 0 Å². The second-order valence-electron chi connectivity index (χ2n) is 5.59. The zero-order valence-corrected chi connectivity index (χ0v) is 13.3. The molecular formula is C16H22O6. The van der Waals surface area contributed by atoms with E-state index in [0.717, 1.165) is 0 Å². The molecule has 0 radical (unpaired) electrons. The first-order valence-corrected chi connectivity index (χ1v) is 7.16. The predicted molar refractivity (Wildman–Crippen MR) is 80.1 cm³/mol. The summed E-state index contributed by atoms with van der Waals surface area (Å²) in [6, 6.07) is 6.01. The fourth-order valence-electron chi connectivity index (χ4n) is 1.30. The number of carbonyl (C=O) groups is 2. The molecule has 6 nitrogen and oxygen atoms in total. The van der Waals surface area contributed by atoms with Crippen LogP contribution in [0.25, 0.3) is 0 Å². The first kappa shape index (κ1) is 17.8. The lowest BCUT2D eigenvalue weighted by Gasteiger charge is -2.09. The fraction of sp³-hybridized carbons (Fsp3) is 0.500. The molecule has 0 aliphatic rings. The van der Waals surface area contributed by atoms with Crippen molar-refractivity contribution in [2.24, 2.45) is 11.8 Å². The van der Waals surface area contributed by atoms with Crippen molar-refractivity contribution in [2.75, 3.05) is 13.2 Å². The van der Waals surface area contributed by atoms with Gasteiger partial charge in [-0.2, -0.15) is 0 Å². The first-order chi connectivity index (χ1) is 10.4. The van der Waals surface area contributed by atoms with Gasteiger partial charge in [0.15, 0.2) is 0 Å². The summed E-state index contributed by atoms with van der Waals surface area (Å²) in [4.78, 5) is 22.8. The van der Waals surface area contributed by atoms with Crippen LogP contribution in [0.2, 0.25) is 0 Å². The molecule has 0 unspecified atom stereocenters. The second-order valence-corrected chi connectivity index (χ2v) is 5.59. The van der Waals surface area contributed by atoms with E-state index in [2.05, 4.69) is 0 Å². The van der Waals surface area contributed by atoms with Gasteiger partial charge in [-0.3, -0.25) is 0 Å². The van der Waals surface area contributed by atoms with Gasteiger partial charge in [-0.1, -0.05) is 27.7 Å². The quantitative estimate of drug-likeness (QED) is 0.583. The van der Waals surface area contributed by atoms with E-state index in [4.69, 9.17) is 18.9 Å². The molecule has 1 aromatic carbocycles. The van der Waals surface area contributed by atoms with Crippen LogP contribution in [-0.4, -0.2) is 25.5 Å². The third-order valence-corrected chi connectivity index (χ3v) is 2.30. The minimum atomic E-state index is -0.765. The van der Waals surface area contributed by atoms with E-state index >= 15 is 0 Å². The number of ether oxygens (including phenoxy) is 4. The largest absolute Gasteiger partial charge is 0.513 e. The van der Waals surface area contributed by atoms with Crippen molar-refractivity contribution in [3.05, 3.63) is 24.3 Å². The third-order valence-electron chi connectivity index (χ3n) is 2.30. The van der Waals surface area contributed by atoms with Crippen molar-refractivity contribution >= 4 is 12.3 Å². The zero-order valence-electron chi connectivity index (χ0n) is 13.3. The Labute approximate surface area is 130 Å². The van der Waals surface area contributed by atoms with E-state index in [1.54, 1.807) is 0 Å². The lowest BCUT2D eigenvalue weighted by atomic mass is 10.2. The van der Waals surface area contributed by atoms with Gasteiger partial charge < -0.3 is 18.9 Å². The number of carbonyl (C=O) groups excluding carboxylic acids is 2. The van der Waals surface area contributed by atoms with Crippen molar-refractivity contribution in [3.63, 3.8) is 0 Å². The Morgan fingerprint density at radius 2 is 1.09 bits per heavy atom. The van der Waals surface area contributed by atoms with E-state index in [1.807, 2.05) is 27.7 Å². The summed E-state index contributed by atoms with van der Waals surface area (Å²) in [5.41, 5.74) is 0. The topological polar surface area (TPSA) is 71.1 Å². The van der Waals surface area contributed by atoms with Crippen LogP contribution in [0.15, 0.2) is 24.3 Å². The number of hydrogen-bond donors (Lipinski definition) is 0. The normalized spacial score (nSPS) is 10.5. The summed E-state index contributed by atoms with van der Waals surface area (Å²) >= 11 is 0. The summed E-state index contributed by atoms with van der Waals surface area (Å²) in [6.45, 7) is 8.30. The minimum Gasteiger partial charge on any atom is -0.434 e. The predicted octanol–water partition coefficient (Wildman–Crippen LogP) is 4.03. The van der Waals surface area contributed by atoms with Crippen LogP contribution in [0.1, 0.15) is 27.7 Å². The Hall–Kier alpha value is -2.24. The van der Waals surface area contributed by atoms with Crippen LogP contribution < -0.4 is 9.47 Å². The maximum atomic E-state index is 11.4. The van der Waals surface area contributed by atoms with Gasteiger partial charge >= 0.3 is 12.3 Å². The molecule has 0 bridgehead atoms. The average Bonchev–Trinajstić information content (AvgIpc) is 2.45. The van der Waals surface area contributed by atoms with Crippen LogP contribution in [0.5, 0.6) is 11.5 Å². The van der Waals surface area contributed by atoms with E-state index in [-0.39, 0.29) is 11.8 Å². The van der Waals surface area contributed by atoms with E-state index in [1.165, 1.54) is 24.3 Å². The van der Waals surface area contributed by atoms with Crippen LogP contribution >= 0.6 is 0 Å². The molecule has 0 amide bonds. The highest BCUT2D eigenvalue weighted by Gasteiger charge is 2.10. The van der Waals surface area contributed by atoms with Crippen LogP contribution in [0.3, 0.4) is 0 Å². The van der Waals surface area contributed by atoms with Gasteiger partial charge in [0, 0.05) is 0 Å². The van der Waals surface area contributed by atoms with E-state index in [9.17, 15) is 9.59 Å². The Balaban J connectivity index is 2.42. The third kappa shape index (κ3) is 7.52. The van der Waals surface area contributed by atoms with Crippen LogP contribution in [0, 0.1) is 11.8 Å². The van der Waals surface area contributed by atoms with Crippen LogP contribution in [0.4, 0.5) is 9.59 Å². The lowest BCUT2D eigenvalue weighted by Crippen LogP contribution is -2.15. The minimum absolute atomic E-state index is 0.236. The maximum absolute atomic E-state index is 11.4. The number of rotatable bonds is 6. The molecule has 0 saturated heterocycles. The Kier molecular flexibility index (Phi) is 7.22. The Bertz CT molecular complexity index is 433. The summed E-state index contributed by atoms with van der Waals surface area (Å²) in [6.07, 6.45) is -1.53. The number of benzene rings is 1. The molecule has 0 aromatic heterocycles. The van der Waals surface area contributed by atoms with Crippen molar-refractivity contribution in [3.8, 4) is 11.5 Å². The SMILES string of the molecule is CC(C)COC(=O)Oc1ccc(OC(=O)OCC(C)C)cc1. The first-order valence-electron chi connectivity index (χ1n) is 7.16. The molecule has 0 fully saturated rings. The monoisotopic (exact) mass is 310 g/mol. The molecule has 0 aliphatic heterocycles. The van der Waals surface area contributed by atoms with E-state index < -0.39 is 12.3 Å². The second kappa shape index (κ2) is 8.92. The highest BCUT2D eigenvalue weighted by atomic mass is 16.7. The van der Waals surface area contributed by atoms with Crippen molar-refractivity contribution in [1.29, 1.82) is 0 Å². The molecule has 0 spiro atoms. The van der Waals surface area contributed by atoms with Gasteiger partial charge in [0.05, 0.1) is 13.2 Å². The molecule has 0 heterocycles. The zero-order chi connectivity index (χ0) is 16.5. The summed E-state index contributed by atoms with van der Waals surface area (Å²) in [5, 5.41) is 0. The van der Waals surface area contributed by atoms with Crippen molar-refractivity contribution in [2.45, 2.75) is 27.7 Å². The molecule has 6 heteroatoms. The lowest BCUT2D eigenvalue weighted by molar-refractivity contribution is 0.0865. The van der Waals surface area contributed by atoms with Gasteiger partial charge in [0.2, 0.25) is 0 Å². The van der Waals surface area contributed by atoms with Crippen molar-refractivity contribution in [1.82, 2.24) is 0 Å². The Morgan fingerprint density at radius 3 is 1.36 bits per heavy atom. The molecule has 0 saturated carbocycles. The highest BCUT2D eigenvalue weighted by Crippen LogP contribution is 2.18. The molecule has 0 atom stereocenters. The summed E-state index contributed by atoms with van der Waals surface area (Å²) < 4.78 is 19.7. The molecule has 0 aliphatic carbocycles. The van der Waals surface area contributed by atoms with Gasteiger partial charge in [-0.25, -0.2) is 9.59 Å². The smallest absolute Gasteiger partial charge is 0.434 e. The molecule has 1 rings (SSSR count). The molecule has 1 aromatic rings. The van der Waals surface area contributed by atoms with Gasteiger partial charge in [0.1, 0.15) is 11.5 Å². The standard InChI is InChI=1S/C16H22O6/c1-11(2)9-19-15(17)21-13-5-7-14(8-6-13)22-16(18)20-10-12(3)4/h5-8,11-12H,9-10H2,1-4H3. The molecule has 122 valence electrons. The molecule has 22 heavy (non-hydrogen) atoms. The average molecular weight is 310 g/mol. The van der Waals surface area contributed by atoms with Crippen LogP contribution in [-0.2, 0) is 9.47 Å². The summed E-state index contributed by atoms with van der Waals surface area (Å²) in [5.74, 6) is 1.08. The van der Waals surface area contributed by atoms with E-state index in [0.29, 0.717) is 24.7 Å². The van der Waals surface area contributed by atoms with Gasteiger partial charge in [-0.15, -0.1) is 0 Å².